The van der Waals surface area contributed by atoms with Crippen LogP contribution >= 0.6 is 22.6 Å². The fourth-order valence-electron chi connectivity index (χ4n) is 1.58. The molecule has 0 aliphatic carbocycles. The predicted octanol–water partition coefficient (Wildman–Crippen LogP) is 4.78. The predicted molar refractivity (Wildman–Crippen MR) is 77.6 cm³/mol. The van der Waals surface area contributed by atoms with Crippen LogP contribution in [0.15, 0.2) is 24.3 Å². The van der Waals surface area contributed by atoms with Gasteiger partial charge in [-0.1, -0.05) is 44.7 Å². The van der Waals surface area contributed by atoms with Crippen LogP contribution in [0.5, 0.6) is 0 Å². The summed E-state index contributed by atoms with van der Waals surface area (Å²) in [6.45, 7) is 3.90. The maximum Gasteiger partial charge on any atom is 0.0716 e. The molecule has 90 valence electrons. The number of ether oxygens (including phenoxy) is 1. The van der Waals surface area contributed by atoms with Crippen molar-refractivity contribution in [3.05, 3.63) is 33.4 Å². The topological polar surface area (TPSA) is 9.23 Å². The van der Waals surface area contributed by atoms with E-state index in [1.54, 1.807) is 0 Å². The molecule has 0 saturated heterocycles. The van der Waals surface area contributed by atoms with Crippen molar-refractivity contribution >= 4 is 22.6 Å². The van der Waals surface area contributed by atoms with E-state index in [1.165, 1.54) is 41.2 Å². The van der Waals surface area contributed by atoms with Gasteiger partial charge >= 0.3 is 0 Å². The molecule has 0 radical (unpaired) electrons. The van der Waals surface area contributed by atoms with Gasteiger partial charge in [0.2, 0.25) is 0 Å². The molecular formula is C14H21IO. The van der Waals surface area contributed by atoms with E-state index in [4.69, 9.17) is 4.74 Å². The van der Waals surface area contributed by atoms with Crippen LogP contribution in [-0.2, 0) is 11.3 Å². The Morgan fingerprint density at radius 2 is 1.69 bits per heavy atom. The minimum atomic E-state index is 0.755. The number of halogens is 1. The number of benzene rings is 1. The largest absolute Gasteiger partial charge is 0.377 e. The van der Waals surface area contributed by atoms with Crippen LogP contribution in [-0.4, -0.2) is 6.61 Å². The fraction of sp³-hybridized carbons (Fsp3) is 0.571. The van der Waals surface area contributed by atoms with Crippen molar-refractivity contribution in [2.75, 3.05) is 6.61 Å². The third-order valence-electron chi connectivity index (χ3n) is 2.57. The smallest absolute Gasteiger partial charge is 0.0716 e. The van der Waals surface area contributed by atoms with Crippen LogP contribution in [0.2, 0.25) is 0 Å². The summed E-state index contributed by atoms with van der Waals surface area (Å²) in [7, 11) is 0. The zero-order valence-corrected chi connectivity index (χ0v) is 12.2. The molecule has 0 saturated carbocycles. The summed E-state index contributed by atoms with van der Waals surface area (Å²) in [5, 5.41) is 0. The van der Waals surface area contributed by atoms with Gasteiger partial charge in [-0.2, -0.15) is 0 Å². The number of rotatable bonds is 8. The summed E-state index contributed by atoms with van der Waals surface area (Å²) in [6.07, 6.45) is 6.52. The van der Waals surface area contributed by atoms with E-state index in [9.17, 15) is 0 Å². The first-order chi connectivity index (χ1) is 7.83. The molecule has 16 heavy (non-hydrogen) atoms. The lowest BCUT2D eigenvalue weighted by atomic mass is 10.2. The molecule has 0 bridgehead atoms. The highest BCUT2D eigenvalue weighted by molar-refractivity contribution is 14.1. The molecule has 2 heteroatoms. The van der Waals surface area contributed by atoms with E-state index in [2.05, 4.69) is 53.8 Å². The molecule has 1 aromatic rings. The summed E-state index contributed by atoms with van der Waals surface area (Å²) in [4.78, 5) is 0. The summed E-state index contributed by atoms with van der Waals surface area (Å²) in [5.41, 5.74) is 1.27. The van der Waals surface area contributed by atoms with E-state index in [0.29, 0.717) is 0 Å². The molecule has 0 atom stereocenters. The third kappa shape index (κ3) is 6.48. The summed E-state index contributed by atoms with van der Waals surface area (Å²) < 4.78 is 6.92. The van der Waals surface area contributed by atoms with Gasteiger partial charge < -0.3 is 4.74 Å². The van der Waals surface area contributed by atoms with Crippen LogP contribution < -0.4 is 0 Å². The Bertz CT molecular complexity index is 269. The molecule has 0 aliphatic heterocycles. The Balaban J connectivity index is 2.01. The zero-order chi connectivity index (χ0) is 11.6. The molecule has 0 N–H and O–H groups in total. The monoisotopic (exact) mass is 332 g/mol. The standard InChI is InChI=1S/C14H21IO/c1-2-3-4-5-6-11-16-12-13-7-9-14(15)10-8-13/h7-10H,2-6,11-12H2,1H3. The molecule has 0 amide bonds. The third-order valence-corrected chi connectivity index (χ3v) is 3.29. The highest BCUT2D eigenvalue weighted by Crippen LogP contribution is 2.08. The second-order valence-electron chi connectivity index (χ2n) is 4.09. The van der Waals surface area contributed by atoms with Crippen molar-refractivity contribution in [3.63, 3.8) is 0 Å². The lowest BCUT2D eigenvalue weighted by Gasteiger charge is -2.04. The van der Waals surface area contributed by atoms with Crippen molar-refractivity contribution < 1.29 is 4.74 Å². The Hall–Kier alpha value is -0.0900. The minimum absolute atomic E-state index is 0.755. The SMILES string of the molecule is CCCCCCCOCc1ccc(I)cc1. The Kier molecular flexibility index (Phi) is 7.85. The number of hydrogen-bond acceptors (Lipinski definition) is 1. The van der Waals surface area contributed by atoms with Crippen molar-refractivity contribution in [2.45, 2.75) is 45.6 Å². The van der Waals surface area contributed by atoms with Crippen molar-refractivity contribution in [2.24, 2.45) is 0 Å². The molecule has 0 aliphatic rings. The van der Waals surface area contributed by atoms with Gasteiger partial charge in [0.25, 0.3) is 0 Å². The van der Waals surface area contributed by atoms with Crippen molar-refractivity contribution in [1.29, 1.82) is 0 Å². The Morgan fingerprint density at radius 3 is 2.38 bits per heavy atom. The number of unbranched alkanes of at least 4 members (excludes halogenated alkanes) is 4. The van der Waals surface area contributed by atoms with Crippen LogP contribution in [0.25, 0.3) is 0 Å². The molecule has 0 heterocycles. The molecule has 1 rings (SSSR count). The molecule has 0 fully saturated rings. The van der Waals surface area contributed by atoms with Gasteiger partial charge in [0, 0.05) is 10.2 Å². The van der Waals surface area contributed by atoms with E-state index in [-0.39, 0.29) is 0 Å². The van der Waals surface area contributed by atoms with E-state index in [0.717, 1.165) is 13.2 Å². The first-order valence-corrected chi connectivity index (χ1v) is 7.23. The van der Waals surface area contributed by atoms with Crippen molar-refractivity contribution in [1.82, 2.24) is 0 Å². The quantitative estimate of drug-likeness (QED) is 0.492. The van der Waals surface area contributed by atoms with Gasteiger partial charge in [-0.3, -0.25) is 0 Å². The van der Waals surface area contributed by atoms with Crippen molar-refractivity contribution in [3.8, 4) is 0 Å². The Labute approximate surface area is 113 Å². The zero-order valence-electron chi connectivity index (χ0n) is 10.0. The molecule has 1 aromatic carbocycles. The van der Waals surface area contributed by atoms with E-state index >= 15 is 0 Å². The first kappa shape index (κ1) is 14.0. The van der Waals surface area contributed by atoms with Gasteiger partial charge in [-0.25, -0.2) is 0 Å². The maximum absolute atomic E-state index is 5.64. The average Bonchev–Trinajstić information content (AvgIpc) is 2.30. The van der Waals surface area contributed by atoms with Gasteiger partial charge in [-0.05, 0) is 46.7 Å². The second-order valence-corrected chi connectivity index (χ2v) is 5.34. The minimum Gasteiger partial charge on any atom is -0.377 e. The van der Waals surface area contributed by atoms with Gasteiger partial charge in [-0.15, -0.1) is 0 Å². The number of hydrogen-bond donors (Lipinski definition) is 0. The normalized spacial score (nSPS) is 10.6. The van der Waals surface area contributed by atoms with E-state index < -0.39 is 0 Å². The lowest BCUT2D eigenvalue weighted by molar-refractivity contribution is 0.116. The Morgan fingerprint density at radius 1 is 1.00 bits per heavy atom. The van der Waals surface area contributed by atoms with Gasteiger partial charge in [0.05, 0.1) is 6.61 Å². The van der Waals surface area contributed by atoms with Crippen LogP contribution in [0.4, 0.5) is 0 Å². The van der Waals surface area contributed by atoms with Crippen LogP contribution in [0.3, 0.4) is 0 Å². The second kappa shape index (κ2) is 8.99. The lowest BCUT2D eigenvalue weighted by Crippen LogP contribution is -1.95. The van der Waals surface area contributed by atoms with E-state index in [1.807, 2.05) is 0 Å². The highest BCUT2D eigenvalue weighted by atomic mass is 127. The fourth-order valence-corrected chi connectivity index (χ4v) is 1.94. The highest BCUT2D eigenvalue weighted by Gasteiger charge is 1.94. The van der Waals surface area contributed by atoms with Crippen LogP contribution in [0.1, 0.15) is 44.6 Å². The molecule has 0 unspecified atom stereocenters. The van der Waals surface area contributed by atoms with Gasteiger partial charge in [0.15, 0.2) is 0 Å². The van der Waals surface area contributed by atoms with Gasteiger partial charge in [0.1, 0.15) is 0 Å². The summed E-state index contributed by atoms with van der Waals surface area (Å²) >= 11 is 2.32. The molecular weight excluding hydrogens is 311 g/mol. The molecule has 0 spiro atoms. The van der Waals surface area contributed by atoms with Crippen LogP contribution in [0, 0.1) is 3.57 Å². The molecule has 0 aromatic heterocycles. The average molecular weight is 332 g/mol. The first-order valence-electron chi connectivity index (χ1n) is 6.15. The summed E-state index contributed by atoms with van der Waals surface area (Å²) in [6, 6.07) is 8.53. The maximum atomic E-state index is 5.64. The summed E-state index contributed by atoms with van der Waals surface area (Å²) in [5.74, 6) is 0. The molecule has 1 nitrogen and oxygen atoms in total.